The van der Waals surface area contributed by atoms with Crippen LogP contribution in [0.2, 0.25) is 0 Å². The molecule has 3 heteroatoms. The molecule has 1 aromatic carbocycles. The second-order valence-electron chi connectivity index (χ2n) is 4.46. The number of aryl methyl sites for hydroxylation is 3. The Labute approximate surface area is 106 Å². The van der Waals surface area contributed by atoms with Crippen molar-refractivity contribution in [1.29, 1.82) is 5.26 Å². The molecule has 1 heterocycles. The molecule has 0 amide bonds. The molecule has 1 aromatic heterocycles. The predicted octanol–water partition coefficient (Wildman–Crippen LogP) is 2.63. The Kier molecular flexibility index (Phi) is 3.03. The summed E-state index contributed by atoms with van der Waals surface area (Å²) in [6, 6.07) is 9.56. The third-order valence-electron chi connectivity index (χ3n) is 2.99. The van der Waals surface area contributed by atoms with Gasteiger partial charge in [0.05, 0.1) is 0 Å². The fourth-order valence-corrected chi connectivity index (χ4v) is 1.95. The molecule has 0 fully saturated rings. The molecule has 18 heavy (non-hydrogen) atoms. The minimum atomic E-state index is -0.225. The van der Waals surface area contributed by atoms with Crippen molar-refractivity contribution in [2.75, 3.05) is 0 Å². The highest BCUT2D eigenvalue weighted by Gasteiger charge is 2.07. The number of aromatic nitrogens is 1. The number of nitriles is 1. The van der Waals surface area contributed by atoms with Crippen LogP contribution in [0.3, 0.4) is 0 Å². The summed E-state index contributed by atoms with van der Waals surface area (Å²) in [5.74, 6) is 0. The Morgan fingerprint density at radius 2 is 1.89 bits per heavy atom. The van der Waals surface area contributed by atoms with Gasteiger partial charge in [-0.3, -0.25) is 4.79 Å². The molecule has 2 aromatic rings. The Hall–Kier alpha value is -2.34. The molecule has 2 rings (SSSR count). The van der Waals surface area contributed by atoms with E-state index in [0.717, 1.165) is 22.5 Å². The molecule has 0 atom stereocenters. The van der Waals surface area contributed by atoms with Gasteiger partial charge in [-0.1, -0.05) is 12.1 Å². The van der Waals surface area contributed by atoms with Gasteiger partial charge in [-0.2, -0.15) is 5.26 Å². The Morgan fingerprint density at radius 1 is 1.17 bits per heavy atom. The van der Waals surface area contributed by atoms with Crippen LogP contribution in [0.15, 0.2) is 35.3 Å². The zero-order chi connectivity index (χ0) is 13.3. The van der Waals surface area contributed by atoms with Crippen LogP contribution in [-0.4, -0.2) is 4.57 Å². The van der Waals surface area contributed by atoms with Crippen LogP contribution >= 0.6 is 0 Å². The van der Waals surface area contributed by atoms with Gasteiger partial charge < -0.3 is 4.57 Å². The summed E-state index contributed by atoms with van der Waals surface area (Å²) in [5, 5.41) is 8.94. The largest absolute Gasteiger partial charge is 0.319 e. The molecule has 0 unspecified atom stereocenters. The van der Waals surface area contributed by atoms with Gasteiger partial charge in [0.2, 0.25) is 0 Å². The second-order valence-corrected chi connectivity index (χ2v) is 4.46. The molecule has 3 nitrogen and oxygen atoms in total. The van der Waals surface area contributed by atoms with Gasteiger partial charge in [-0.15, -0.1) is 0 Å². The Morgan fingerprint density at radius 3 is 2.56 bits per heavy atom. The van der Waals surface area contributed by atoms with Gasteiger partial charge in [0.1, 0.15) is 11.6 Å². The van der Waals surface area contributed by atoms with Crippen LogP contribution in [0.5, 0.6) is 0 Å². The van der Waals surface area contributed by atoms with Crippen LogP contribution in [0.4, 0.5) is 0 Å². The maximum Gasteiger partial charge on any atom is 0.199 e. The fourth-order valence-electron chi connectivity index (χ4n) is 1.95. The van der Waals surface area contributed by atoms with Crippen molar-refractivity contribution in [3.8, 4) is 11.8 Å². The SMILES string of the molecule is Cc1ccc(C)c(-n2cc(C#N)c(=O)cc2C)c1. The van der Waals surface area contributed by atoms with Crippen molar-refractivity contribution < 1.29 is 0 Å². The molecule has 0 bridgehead atoms. The van der Waals surface area contributed by atoms with Crippen LogP contribution in [0, 0.1) is 32.1 Å². The lowest BCUT2D eigenvalue weighted by Gasteiger charge is -2.14. The van der Waals surface area contributed by atoms with E-state index < -0.39 is 0 Å². The first-order valence-corrected chi connectivity index (χ1v) is 5.74. The topological polar surface area (TPSA) is 45.8 Å². The van der Waals surface area contributed by atoms with Crippen molar-refractivity contribution in [2.24, 2.45) is 0 Å². The van der Waals surface area contributed by atoms with E-state index in [0.29, 0.717) is 0 Å². The van der Waals surface area contributed by atoms with Crippen molar-refractivity contribution in [3.63, 3.8) is 0 Å². The molecule has 0 saturated carbocycles. The highest BCUT2D eigenvalue weighted by atomic mass is 16.1. The van der Waals surface area contributed by atoms with Crippen molar-refractivity contribution in [3.05, 3.63) is 63.1 Å². The van der Waals surface area contributed by atoms with Crippen LogP contribution in [-0.2, 0) is 0 Å². The molecule has 90 valence electrons. The normalized spacial score (nSPS) is 10.1. The smallest absolute Gasteiger partial charge is 0.199 e. The third kappa shape index (κ3) is 2.05. The lowest BCUT2D eigenvalue weighted by molar-refractivity contribution is 0.955. The molecular weight excluding hydrogens is 224 g/mol. The highest BCUT2D eigenvalue weighted by Crippen LogP contribution is 2.17. The molecule has 0 radical (unpaired) electrons. The van der Waals surface area contributed by atoms with Gasteiger partial charge in [0.15, 0.2) is 5.43 Å². The number of hydrogen-bond donors (Lipinski definition) is 0. The van der Waals surface area contributed by atoms with Crippen molar-refractivity contribution in [2.45, 2.75) is 20.8 Å². The highest BCUT2D eigenvalue weighted by molar-refractivity contribution is 5.45. The molecule has 0 saturated heterocycles. The van der Waals surface area contributed by atoms with E-state index in [-0.39, 0.29) is 11.0 Å². The van der Waals surface area contributed by atoms with Gasteiger partial charge >= 0.3 is 0 Å². The third-order valence-corrected chi connectivity index (χ3v) is 2.99. The average molecular weight is 238 g/mol. The lowest BCUT2D eigenvalue weighted by Crippen LogP contribution is -2.12. The van der Waals surface area contributed by atoms with Crippen molar-refractivity contribution >= 4 is 0 Å². The van der Waals surface area contributed by atoms with Crippen LogP contribution < -0.4 is 5.43 Å². The van der Waals surface area contributed by atoms with E-state index in [1.165, 1.54) is 6.07 Å². The van der Waals surface area contributed by atoms with Gasteiger partial charge in [-0.25, -0.2) is 0 Å². The maximum absolute atomic E-state index is 11.6. The summed E-state index contributed by atoms with van der Waals surface area (Å²) < 4.78 is 1.89. The number of benzene rings is 1. The summed E-state index contributed by atoms with van der Waals surface area (Å²) >= 11 is 0. The molecule has 0 aliphatic rings. The predicted molar refractivity (Wildman–Crippen MR) is 71.0 cm³/mol. The van der Waals surface area contributed by atoms with Gasteiger partial charge in [0.25, 0.3) is 0 Å². The average Bonchev–Trinajstić information content (AvgIpc) is 2.33. The molecule has 0 N–H and O–H groups in total. The molecule has 0 aliphatic heterocycles. The molecule has 0 aliphatic carbocycles. The molecule has 0 spiro atoms. The summed E-state index contributed by atoms with van der Waals surface area (Å²) in [4.78, 5) is 11.6. The first-order valence-electron chi connectivity index (χ1n) is 5.74. The summed E-state index contributed by atoms with van der Waals surface area (Å²) in [7, 11) is 0. The Bertz CT molecular complexity index is 705. The minimum Gasteiger partial charge on any atom is -0.319 e. The first-order chi connectivity index (χ1) is 8.52. The maximum atomic E-state index is 11.6. The van der Waals surface area contributed by atoms with E-state index in [1.54, 1.807) is 6.20 Å². The monoisotopic (exact) mass is 238 g/mol. The number of nitrogens with zero attached hydrogens (tertiary/aromatic N) is 2. The van der Waals surface area contributed by atoms with Gasteiger partial charge in [-0.05, 0) is 38.0 Å². The van der Waals surface area contributed by atoms with E-state index >= 15 is 0 Å². The molecular formula is C15H14N2O. The minimum absolute atomic E-state index is 0.168. The van der Waals surface area contributed by atoms with E-state index in [2.05, 4.69) is 0 Å². The zero-order valence-electron chi connectivity index (χ0n) is 10.7. The summed E-state index contributed by atoms with van der Waals surface area (Å²) in [6.45, 7) is 5.90. The van der Waals surface area contributed by atoms with E-state index in [9.17, 15) is 4.79 Å². The standard InChI is InChI=1S/C15H14N2O/c1-10-4-5-11(2)14(6-10)17-9-13(8-16)15(18)7-12(17)3/h4-7,9H,1-3H3. The summed E-state index contributed by atoms with van der Waals surface area (Å²) in [5.41, 5.74) is 4.03. The zero-order valence-corrected chi connectivity index (χ0v) is 10.7. The summed E-state index contributed by atoms with van der Waals surface area (Å²) in [6.07, 6.45) is 1.61. The first kappa shape index (κ1) is 12.1. The second kappa shape index (κ2) is 4.50. The van der Waals surface area contributed by atoms with Crippen molar-refractivity contribution in [1.82, 2.24) is 4.57 Å². The van der Waals surface area contributed by atoms with Crippen LogP contribution in [0.1, 0.15) is 22.4 Å². The quantitative estimate of drug-likeness (QED) is 0.766. The number of hydrogen-bond acceptors (Lipinski definition) is 2. The fraction of sp³-hybridized carbons (Fsp3) is 0.200. The Balaban J connectivity index is 2.75. The van der Waals surface area contributed by atoms with E-state index in [4.69, 9.17) is 5.26 Å². The van der Waals surface area contributed by atoms with Gasteiger partial charge in [0, 0.05) is 23.6 Å². The lowest BCUT2D eigenvalue weighted by atomic mass is 10.1. The van der Waals surface area contributed by atoms with Crippen LogP contribution in [0.25, 0.3) is 5.69 Å². The number of rotatable bonds is 1. The number of pyridine rings is 1. The van der Waals surface area contributed by atoms with E-state index in [1.807, 2.05) is 49.6 Å².